The zero-order valence-electron chi connectivity index (χ0n) is 9.25. The maximum Gasteiger partial charge on any atom is 0.000483 e. The minimum Gasteiger partial charge on any atom is -0.309 e. The van der Waals surface area contributed by atoms with E-state index in [1.807, 2.05) is 0 Å². The van der Waals surface area contributed by atoms with Crippen LogP contribution >= 0.6 is 0 Å². The first-order valence-corrected chi connectivity index (χ1v) is 5.03. The largest absolute Gasteiger partial charge is 0.309 e. The lowest BCUT2D eigenvalue weighted by atomic mass is 9.84. The molecule has 0 saturated carbocycles. The first kappa shape index (κ1) is 10.5. The summed E-state index contributed by atoms with van der Waals surface area (Å²) in [5.74, 6) is 0.649. The Morgan fingerprint density at radius 2 is 1.69 bits per heavy atom. The first-order chi connectivity index (χ1) is 5.99. The number of hydrogen-bond acceptors (Lipinski definition) is 1. The molecule has 0 unspecified atom stereocenters. The summed E-state index contributed by atoms with van der Waals surface area (Å²) in [6, 6.07) is 0. The number of hydrogen-bond donors (Lipinski definition) is 0. The average Bonchev–Trinajstić information content (AvgIpc) is 2.02. The zero-order valence-corrected chi connectivity index (χ0v) is 9.25. The molecule has 1 aliphatic rings. The van der Waals surface area contributed by atoms with Crippen molar-refractivity contribution in [3.63, 3.8) is 0 Å². The van der Waals surface area contributed by atoms with Crippen molar-refractivity contribution in [1.29, 1.82) is 0 Å². The number of allylic oxidation sites excluding steroid dienone is 4. The van der Waals surface area contributed by atoms with Gasteiger partial charge in [0.25, 0.3) is 0 Å². The van der Waals surface area contributed by atoms with Crippen molar-refractivity contribution in [2.75, 3.05) is 20.6 Å². The van der Waals surface area contributed by atoms with Crippen LogP contribution in [0.15, 0.2) is 24.3 Å². The highest BCUT2D eigenvalue weighted by Gasteiger charge is 2.14. The fraction of sp³-hybridized carbons (Fsp3) is 0.667. The van der Waals surface area contributed by atoms with Gasteiger partial charge in [0.05, 0.1) is 0 Å². The van der Waals surface area contributed by atoms with Crippen LogP contribution in [0.2, 0.25) is 0 Å². The molecule has 0 aliphatic heterocycles. The Labute approximate surface area is 82.1 Å². The van der Waals surface area contributed by atoms with Crippen molar-refractivity contribution in [3.05, 3.63) is 24.3 Å². The first-order valence-electron chi connectivity index (χ1n) is 5.03. The second-order valence-electron chi connectivity index (χ2n) is 4.80. The van der Waals surface area contributed by atoms with E-state index >= 15 is 0 Å². The van der Waals surface area contributed by atoms with Crippen LogP contribution in [0.3, 0.4) is 0 Å². The van der Waals surface area contributed by atoms with Gasteiger partial charge in [-0.15, -0.1) is 0 Å². The van der Waals surface area contributed by atoms with Gasteiger partial charge < -0.3 is 4.90 Å². The van der Waals surface area contributed by atoms with Gasteiger partial charge in [0.15, 0.2) is 0 Å². The van der Waals surface area contributed by atoms with Gasteiger partial charge >= 0.3 is 0 Å². The van der Waals surface area contributed by atoms with Crippen LogP contribution in [-0.4, -0.2) is 25.5 Å². The third-order valence-corrected chi connectivity index (χ3v) is 2.46. The summed E-state index contributed by atoms with van der Waals surface area (Å²) in [5.41, 5.74) is 0.272. The monoisotopic (exact) mass is 179 g/mol. The van der Waals surface area contributed by atoms with E-state index in [0.717, 1.165) is 0 Å². The summed E-state index contributed by atoms with van der Waals surface area (Å²) >= 11 is 0. The van der Waals surface area contributed by atoms with Gasteiger partial charge in [0.2, 0.25) is 0 Å². The molecular formula is C12H21N. The summed E-state index contributed by atoms with van der Waals surface area (Å²) in [6.45, 7) is 5.64. The number of nitrogens with zero attached hydrogens (tertiary/aromatic N) is 1. The Balaban J connectivity index is 2.37. The molecule has 0 atom stereocenters. The molecule has 1 heteroatoms. The zero-order chi connectivity index (χ0) is 9.90. The van der Waals surface area contributed by atoms with E-state index in [2.05, 4.69) is 57.1 Å². The summed E-state index contributed by atoms with van der Waals surface area (Å²) < 4.78 is 0. The molecule has 74 valence electrons. The van der Waals surface area contributed by atoms with Gasteiger partial charge in [-0.3, -0.25) is 0 Å². The van der Waals surface area contributed by atoms with Crippen LogP contribution < -0.4 is 0 Å². The molecule has 13 heavy (non-hydrogen) atoms. The normalized spacial score (nSPS) is 21.3. The molecule has 1 nitrogen and oxygen atoms in total. The molecule has 0 bridgehead atoms. The van der Waals surface area contributed by atoms with Crippen LogP contribution in [0.4, 0.5) is 0 Å². The topological polar surface area (TPSA) is 3.24 Å². The lowest BCUT2D eigenvalue weighted by Gasteiger charge is -2.22. The van der Waals surface area contributed by atoms with Gasteiger partial charge in [-0.05, 0) is 33.0 Å². The van der Waals surface area contributed by atoms with Crippen molar-refractivity contribution >= 4 is 0 Å². The standard InChI is InChI=1S/C12H21N/c1-12(2)8-5-11(6-9-12)7-10-13(3)4/h5-6,8-9,11H,7,10H2,1-4H3. The Morgan fingerprint density at radius 1 is 1.15 bits per heavy atom. The maximum absolute atomic E-state index is 2.34. The predicted octanol–water partition coefficient (Wildman–Crippen LogP) is 2.71. The summed E-state index contributed by atoms with van der Waals surface area (Å²) in [5, 5.41) is 0. The van der Waals surface area contributed by atoms with Crippen molar-refractivity contribution in [3.8, 4) is 0 Å². The fourth-order valence-corrected chi connectivity index (χ4v) is 1.46. The molecule has 0 saturated heterocycles. The minimum atomic E-state index is 0.272. The molecule has 0 amide bonds. The Hall–Kier alpha value is -0.560. The Kier molecular flexibility index (Phi) is 3.32. The van der Waals surface area contributed by atoms with Gasteiger partial charge in [0.1, 0.15) is 0 Å². The van der Waals surface area contributed by atoms with E-state index in [9.17, 15) is 0 Å². The summed E-state index contributed by atoms with van der Waals surface area (Å²) in [6.07, 6.45) is 10.5. The van der Waals surface area contributed by atoms with Gasteiger partial charge in [0, 0.05) is 5.41 Å². The molecule has 0 fully saturated rings. The van der Waals surface area contributed by atoms with Crippen LogP contribution in [0, 0.1) is 11.3 Å². The smallest absolute Gasteiger partial charge is 0.000483 e. The van der Waals surface area contributed by atoms with Crippen LogP contribution in [0.25, 0.3) is 0 Å². The molecule has 0 radical (unpaired) electrons. The van der Waals surface area contributed by atoms with Crippen LogP contribution in [0.1, 0.15) is 20.3 Å². The van der Waals surface area contributed by atoms with Crippen molar-refractivity contribution in [2.45, 2.75) is 20.3 Å². The molecule has 0 heterocycles. The van der Waals surface area contributed by atoms with Gasteiger partial charge in [-0.25, -0.2) is 0 Å². The average molecular weight is 179 g/mol. The van der Waals surface area contributed by atoms with Gasteiger partial charge in [-0.2, -0.15) is 0 Å². The van der Waals surface area contributed by atoms with E-state index in [1.165, 1.54) is 13.0 Å². The van der Waals surface area contributed by atoms with Crippen LogP contribution in [0.5, 0.6) is 0 Å². The Morgan fingerprint density at radius 3 is 2.15 bits per heavy atom. The van der Waals surface area contributed by atoms with E-state index in [0.29, 0.717) is 5.92 Å². The lowest BCUT2D eigenvalue weighted by molar-refractivity contribution is 0.385. The molecular weight excluding hydrogens is 158 g/mol. The Bertz CT molecular complexity index is 195. The van der Waals surface area contributed by atoms with E-state index in [4.69, 9.17) is 0 Å². The highest BCUT2D eigenvalue weighted by Crippen LogP contribution is 2.26. The third kappa shape index (κ3) is 3.77. The van der Waals surface area contributed by atoms with E-state index < -0.39 is 0 Å². The molecule has 0 N–H and O–H groups in total. The lowest BCUT2D eigenvalue weighted by Crippen LogP contribution is -2.17. The highest BCUT2D eigenvalue weighted by atomic mass is 15.0. The van der Waals surface area contributed by atoms with Crippen molar-refractivity contribution < 1.29 is 0 Å². The molecule has 0 spiro atoms. The van der Waals surface area contributed by atoms with Crippen LogP contribution in [-0.2, 0) is 0 Å². The van der Waals surface area contributed by atoms with Crippen molar-refractivity contribution in [2.24, 2.45) is 11.3 Å². The second-order valence-corrected chi connectivity index (χ2v) is 4.80. The quantitative estimate of drug-likeness (QED) is 0.602. The predicted molar refractivity (Wildman–Crippen MR) is 58.7 cm³/mol. The number of rotatable bonds is 3. The van der Waals surface area contributed by atoms with E-state index in [1.54, 1.807) is 0 Å². The highest BCUT2D eigenvalue weighted by molar-refractivity contribution is 5.17. The second kappa shape index (κ2) is 4.10. The minimum absolute atomic E-state index is 0.272. The molecule has 0 aromatic rings. The summed E-state index contributed by atoms with van der Waals surface area (Å²) in [7, 11) is 4.25. The maximum atomic E-state index is 2.34. The molecule has 1 rings (SSSR count). The molecule has 0 aromatic carbocycles. The van der Waals surface area contributed by atoms with E-state index in [-0.39, 0.29) is 5.41 Å². The SMILES string of the molecule is CN(C)CCC1C=CC(C)(C)C=C1. The van der Waals surface area contributed by atoms with Gasteiger partial charge in [-0.1, -0.05) is 38.2 Å². The van der Waals surface area contributed by atoms with Crippen molar-refractivity contribution in [1.82, 2.24) is 4.90 Å². The molecule has 0 aromatic heterocycles. The summed E-state index contributed by atoms with van der Waals surface area (Å²) in [4.78, 5) is 2.24. The third-order valence-electron chi connectivity index (χ3n) is 2.46. The molecule has 1 aliphatic carbocycles. The fourth-order valence-electron chi connectivity index (χ4n) is 1.46.